The molecule has 0 fully saturated rings. The zero-order valence-corrected chi connectivity index (χ0v) is 11.8. The molecule has 0 radical (unpaired) electrons. The minimum atomic E-state index is -1.08. The van der Waals surface area contributed by atoms with Gasteiger partial charge in [0.15, 0.2) is 0 Å². The Morgan fingerprint density at radius 1 is 0.591 bits per heavy atom. The van der Waals surface area contributed by atoms with Crippen molar-refractivity contribution in [3.8, 4) is 0 Å². The van der Waals surface area contributed by atoms with Crippen LogP contribution in [0.4, 0.5) is 0 Å². The number of carbonyl (C=O) groups is 5. The predicted molar refractivity (Wildman–Crippen MR) is 70.6 cm³/mol. The van der Waals surface area contributed by atoms with Crippen LogP contribution in [-0.4, -0.2) is 69.0 Å². The van der Waals surface area contributed by atoms with Crippen molar-refractivity contribution in [3.05, 3.63) is 0 Å². The van der Waals surface area contributed by atoms with Crippen LogP contribution in [0.5, 0.6) is 0 Å². The number of carboxylic acids is 5. The Bertz CT molecular complexity index is 323. The van der Waals surface area contributed by atoms with Gasteiger partial charge in [0, 0.05) is 0 Å². The summed E-state index contributed by atoms with van der Waals surface area (Å²) in [6.07, 6.45) is -1.19. The molecule has 0 spiro atoms. The number of rotatable bonds is 8. The number of hydrogen-bond acceptors (Lipinski definition) is 6. The predicted octanol–water partition coefficient (Wildman–Crippen LogP) is -0.838. The third kappa shape index (κ3) is 43.3. The molecule has 0 amide bonds. The van der Waals surface area contributed by atoms with Crippen molar-refractivity contribution in [3.63, 3.8) is 0 Å². The Morgan fingerprint density at radius 3 is 0.864 bits per heavy atom. The number of carboxylic acid groups (broad SMARTS) is 5. The summed E-state index contributed by atoms with van der Waals surface area (Å²) in [5, 5.41) is 41.9. The smallest absolute Gasteiger partial charge is 0.317 e. The van der Waals surface area contributed by atoms with Gasteiger partial charge in [-0.05, 0) is 7.05 Å². The van der Waals surface area contributed by atoms with Crippen LogP contribution in [0.2, 0.25) is 0 Å². The van der Waals surface area contributed by atoms with Crippen molar-refractivity contribution in [2.45, 2.75) is 25.7 Å². The van der Waals surface area contributed by atoms with Crippen LogP contribution in [0.25, 0.3) is 0 Å². The molecule has 0 aliphatic carbocycles. The Hall–Kier alpha value is -2.69. The van der Waals surface area contributed by atoms with E-state index in [2.05, 4.69) is 5.32 Å². The van der Waals surface area contributed by atoms with Crippen LogP contribution in [0.1, 0.15) is 25.7 Å². The van der Waals surface area contributed by atoms with E-state index in [0.29, 0.717) is 0 Å². The lowest BCUT2D eigenvalue weighted by Gasteiger charge is -1.85. The van der Waals surface area contributed by atoms with Crippen molar-refractivity contribution >= 4 is 29.8 Å². The summed E-state index contributed by atoms with van der Waals surface area (Å²) in [5.74, 6) is -5.13. The van der Waals surface area contributed by atoms with Gasteiger partial charge in [-0.1, -0.05) is 0 Å². The molecule has 6 N–H and O–H groups in total. The highest BCUT2D eigenvalue weighted by molar-refractivity contribution is 5.75. The van der Waals surface area contributed by atoms with E-state index in [9.17, 15) is 24.0 Å². The van der Waals surface area contributed by atoms with Crippen LogP contribution in [-0.2, 0) is 24.0 Å². The van der Waals surface area contributed by atoms with Gasteiger partial charge in [-0.2, -0.15) is 0 Å². The molecule has 0 aliphatic rings. The van der Waals surface area contributed by atoms with E-state index < -0.39 is 29.8 Å². The molecule has 0 aliphatic heterocycles. The minimum absolute atomic E-state index is 0.0417. The second-order valence-corrected chi connectivity index (χ2v) is 3.50. The summed E-state index contributed by atoms with van der Waals surface area (Å²) in [6, 6.07) is 0. The van der Waals surface area contributed by atoms with E-state index in [1.54, 1.807) is 7.05 Å². The van der Waals surface area contributed by atoms with Gasteiger partial charge in [0.1, 0.15) is 0 Å². The summed E-state index contributed by atoms with van der Waals surface area (Å²) < 4.78 is 0. The Kier molecular flexibility index (Phi) is 18.1. The maximum atomic E-state index is 9.64. The highest BCUT2D eigenvalue weighted by atomic mass is 16.4. The van der Waals surface area contributed by atoms with Crippen LogP contribution in [0, 0.1) is 0 Å². The monoisotopic (exact) mass is 325 g/mol. The lowest BCUT2D eigenvalue weighted by atomic mass is 10.3. The average Bonchev–Trinajstić information content (AvgIpc) is 2.35. The Balaban J connectivity index is -0.000000249. The molecule has 0 atom stereocenters. The van der Waals surface area contributed by atoms with Gasteiger partial charge in [-0.25, -0.2) is 0 Å². The van der Waals surface area contributed by atoms with Crippen molar-refractivity contribution < 1.29 is 49.5 Å². The molecule has 0 saturated carbocycles. The van der Waals surface area contributed by atoms with E-state index >= 15 is 0 Å². The largest absolute Gasteiger partial charge is 0.481 e. The van der Waals surface area contributed by atoms with E-state index in [0.717, 1.165) is 0 Å². The number of nitrogens with one attached hydrogen (secondary N) is 1. The van der Waals surface area contributed by atoms with E-state index in [-0.39, 0.29) is 32.2 Å². The number of aliphatic carboxylic acids is 5. The summed E-state index contributed by atoms with van der Waals surface area (Å²) in [7, 11) is 1.59. The van der Waals surface area contributed by atoms with E-state index in [1.807, 2.05) is 0 Å². The molecule has 0 heterocycles. The Labute approximate surface area is 125 Å². The molecule has 0 aromatic rings. The fourth-order valence-electron chi connectivity index (χ4n) is 0.579. The normalized spacial score (nSPS) is 8.41. The molecule has 22 heavy (non-hydrogen) atoms. The van der Waals surface area contributed by atoms with Crippen LogP contribution in [0.3, 0.4) is 0 Å². The maximum absolute atomic E-state index is 9.64. The summed E-state index contributed by atoms with van der Waals surface area (Å²) >= 11 is 0. The first-order valence-electron chi connectivity index (χ1n) is 5.76. The third-order valence-corrected chi connectivity index (χ3v) is 1.43. The SMILES string of the molecule is CNCC(=O)O.O=C(O)CCC(=O)O.O=C(O)CCC(=O)O. The van der Waals surface area contributed by atoms with Crippen LogP contribution >= 0.6 is 0 Å². The van der Waals surface area contributed by atoms with Gasteiger partial charge in [-0.15, -0.1) is 0 Å². The second kappa shape index (κ2) is 16.4. The first-order valence-corrected chi connectivity index (χ1v) is 5.76. The number of likely N-dealkylation sites (N-methyl/N-ethyl adjacent to an activating group) is 1. The molecule has 11 heteroatoms. The molecule has 0 saturated heterocycles. The van der Waals surface area contributed by atoms with Crippen molar-refractivity contribution in [1.82, 2.24) is 5.32 Å². The van der Waals surface area contributed by atoms with Gasteiger partial charge < -0.3 is 30.8 Å². The second-order valence-electron chi connectivity index (χ2n) is 3.50. The molecule has 0 rings (SSSR count). The first-order chi connectivity index (χ1) is 10.0. The van der Waals surface area contributed by atoms with Crippen molar-refractivity contribution in [2.75, 3.05) is 13.6 Å². The van der Waals surface area contributed by atoms with E-state index in [1.165, 1.54) is 0 Å². The highest BCUT2D eigenvalue weighted by Crippen LogP contribution is 1.86. The fraction of sp³-hybridized carbons (Fsp3) is 0.545. The van der Waals surface area contributed by atoms with Gasteiger partial charge in [0.2, 0.25) is 0 Å². The zero-order chi connectivity index (χ0) is 18.1. The minimum Gasteiger partial charge on any atom is -0.481 e. The molecule has 0 bridgehead atoms. The molecule has 0 aromatic heterocycles. The van der Waals surface area contributed by atoms with Crippen molar-refractivity contribution in [2.24, 2.45) is 0 Å². The lowest BCUT2D eigenvalue weighted by Crippen LogP contribution is -2.16. The molecule has 11 nitrogen and oxygen atoms in total. The van der Waals surface area contributed by atoms with Crippen molar-refractivity contribution in [1.29, 1.82) is 0 Å². The average molecular weight is 325 g/mol. The van der Waals surface area contributed by atoms with Gasteiger partial charge in [0.05, 0.1) is 32.2 Å². The first kappa shape index (κ1) is 24.3. The zero-order valence-electron chi connectivity index (χ0n) is 11.8. The fourth-order valence-corrected chi connectivity index (χ4v) is 0.579. The molecular weight excluding hydrogens is 306 g/mol. The highest BCUT2D eigenvalue weighted by Gasteiger charge is 2.01. The summed E-state index contributed by atoms with van der Waals surface area (Å²) in [6.45, 7) is 0.0417. The van der Waals surface area contributed by atoms with Gasteiger partial charge >= 0.3 is 29.8 Å². The standard InChI is InChI=1S/2C4H6O4.C3H7NO2/c2*5-3(6)1-2-4(7)8;1-4-2-3(5)6/h2*1-2H2,(H,5,6)(H,7,8);4H,2H2,1H3,(H,5,6). The molecular formula is C11H19NO10. The van der Waals surface area contributed by atoms with Crippen LogP contribution < -0.4 is 5.32 Å². The van der Waals surface area contributed by atoms with Crippen LogP contribution in [0.15, 0.2) is 0 Å². The van der Waals surface area contributed by atoms with Gasteiger partial charge in [0.25, 0.3) is 0 Å². The molecule has 0 unspecified atom stereocenters. The molecule has 0 aromatic carbocycles. The topological polar surface area (TPSA) is 199 Å². The molecule has 128 valence electrons. The summed E-state index contributed by atoms with van der Waals surface area (Å²) in [4.78, 5) is 48.1. The Morgan fingerprint density at radius 2 is 0.818 bits per heavy atom. The summed E-state index contributed by atoms with van der Waals surface area (Å²) in [5.41, 5.74) is 0. The lowest BCUT2D eigenvalue weighted by molar-refractivity contribution is -0.143. The maximum Gasteiger partial charge on any atom is 0.317 e. The van der Waals surface area contributed by atoms with Gasteiger partial charge in [-0.3, -0.25) is 24.0 Å². The van der Waals surface area contributed by atoms with E-state index in [4.69, 9.17) is 25.5 Å². The quantitative estimate of drug-likeness (QED) is 0.325. The third-order valence-electron chi connectivity index (χ3n) is 1.43. The number of hydrogen-bond donors (Lipinski definition) is 6.